The first kappa shape index (κ1) is 9.99. The summed E-state index contributed by atoms with van der Waals surface area (Å²) in [5.41, 5.74) is 8.53. The number of rotatable bonds is 2. The minimum Gasteiger partial charge on any atom is -0.326 e. The maximum atomic E-state index is 5.68. The molecule has 0 aliphatic rings. The van der Waals surface area contributed by atoms with Gasteiger partial charge in [0.05, 0.1) is 0 Å². The highest BCUT2D eigenvalue weighted by molar-refractivity contribution is 5.59. The van der Waals surface area contributed by atoms with Gasteiger partial charge in [0.2, 0.25) is 0 Å². The highest BCUT2D eigenvalue weighted by Crippen LogP contribution is 2.17. The Bertz CT molecular complexity index is 643. The lowest BCUT2D eigenvalue weighted by atomic mass is 10.2. The Balaban J connectivity index is 2.20. The normalized spacial score (nSPS) is 10.9. The van der Waals surface area contributed by atoms with Crippen LogP contribution in [0.4, 0.5) is 0 Å². The van der Waals surface area contributed by atoms with Crippen molar-refractivity contribution in [2.75, 3.05) is 0 Å². The molecule has 0 radical (unpaired) electrons. The molecule has 2 aromatic heterocycles. The van der Waals surface area contributed by atoms with Gasteiger partial charge in [0.15, 0.2) is 11.5 Å². The summed E-state index contributed by atoms with van der Waals surface area (Å²) in [6.07, 6.45) is 1.88. The molecule has 3 rings (SSSR count). The minimum absolute atomic E-state index is 0.470. The minimum atomic E-state index is 0.470. The Labute approximate surface area is 98.7 Å². The number of benzene rings is 1. The molecular weight excluding hydrogens is 212 g/mol. The zero-order chi connectivity index (χ0) is 11.7. The van der Waals surface area contributed by atoms with Gasteiger partial charge in [0.25, 0.3) is 0 Å². The summed E-state index contributed by atoms with van der Waals surface area (Å²) in [5, 5.41) is 4.44. The van der Waals surface area contributed by atoms with Crippen LogP contribution in [-0.4, -0.2) is 14.6 Å². The van der Waals surface area contributed by atoms with Gasteiger partial charge >= 0.3 is 0 Å². The molecule has 0 unspecified atom stereocenters. The topological polar surface area (TPSA) is 56.2 Å². The highest BCUT2D eigenvalue weighted by Gasteiger charge is 2.07. The molecule has 4 heteroatoms. The van der Waals surface area contributed by atoms with Gasteiger partial charge in [-0.3, -0.25) is 0 Å². The van der Waals surface area contributed by atoms with Crippen LogP contribution in [0, 0.1) is 0 Å². The van der Waals surface area contributed by atoms with Crippen molar-refractivity contribution in [2.45, 2.75) is 6.54 Å². The van der Waals surface area contributed by atoms with Gasteiger partial charge in [-0.2, -0.15) is 0 Å². The molecule has 17 heavy (non-hydrogen) atoms. The molecule has 0 fully saturated rings. The summed E-state index contributed by atoms with van der Waals surface area (Å²) >= 11 is 0. The van der Waals surface area contributed by atoms with E-state index in [2.05, 4.69) is 10.1 Å². The number of pyridine rings is 1. The third kappa shape index (κ3) is 1.68. The van der Waals surface area contributed by atoms with Crippen LogP contribution in [0.25, 0.3) is 17.0 Å². The second kappa shape index (κ2) is 3.99. The van der Waals surface area contributed by atoms with E-state index in [1.165, 1.54) is 0 Å². The summed E-state index contributed by atoms with van der Waals surface area (Å²) in [4.78, 5) is 4.53. The van der Waals surface area contributed by atoms with Crippen LogP contribution in [0.15, 0.2) is 48.7 Å². The van der Waals surface area contributed by atoms with E-state index in [1.807, 2.05) is 48.7 Å². The molecule has 2 N–H and O–H groups in total. The van der Waals surface area contributed by atoms with Gasteiger partial charge < -0.3 is 5.73 Å². The van der Waals surface area contributed by atoms with Crippen molar-refractivity contribution < 1.29 is 0 Å². The molecule has 2 heterocycles. The SMILES string of the molecule is NCc1cccn2nc(-c3ccccc3)nc12. The average Bonchev–Trinajstić information content (AvgIpc) is 2.83. The average molecular weight is 224 g/mol. The molecule has 84 valence electrons. The molecule has 4 nitrogen and oxygen atoms in total. The highest BCUT2D eigenvalue weighted by atomic mass is 15.3. The molecule has 0 aliphatic heterocycles. The van der Waals surface area contributed by atoms with Crippen LogP contribution in [0.3, 0.4) is 0 Å². The van der Waals surface area contributed by atoms with Crippen LogP contribution >= 0.6 is 0 Å². The van der Waals surface area contributed by atoms with Crippen molar-refractivity contribution in [3.05, 3.63) is 54.2 Å². The van der Waals surface area contributed by atoms with Gasteiger partial charge in [0.1, 0.15) is 0 Å². The van der Waals surface area contributed by atoms with Crippen molar-refractivity contribution in [2.24, 2.45) is 5.73 Å². The van der Waals surface area contributed by atoms with Crippen molar-refractivity contribution in [3.63, 3.8) is 0 Å². The Kier molecular flexibility index (Phi) is 2.34. The van der Waals surface area contributed by atoms with E-state index in [0.29, 0.717) is 6.54 Å². The number of nitrogens with zero attached hydrogens (tertiary/aromatic N) is 3. The monoisotopic (exact) mass is 224 g/mol. The van der Waals surface area contributed by atoms with Gasteiger partial charge in [-0.05, 0) is 6.07 Å². The quantitative estimate of drug-likeness (QED) is 0.722. The lowest BCUT2D eigenvalue weighted by Crippen LogP contribution is -1.99. The lowest BCUT2D eigenvalue weighted by molar-refractivity contribution is 0.944. The fourth-order valence-electron chi connectivity index (χ4n) is 1.83. The predicted molar refractivity (Wildman–Crippen MR) is 66.3 cm³/mol. The summed E-state index contributed by atoms with van der Waals surface area (Å²) in [7, 11) is 0. The second-order valence-electron chi connectivity index (χ2n) is 3.81. The van der Waals surface area contributed by atoms with E-state index in [4.69, 9.17) is 5.73 Å². The zero-order valence-electron chi connectivity index (χ0n) is 9.24. The van der Waals surface area contributed by atoms with Gasteiger partial charge in [-0.15, -0.1) is 5.10 Å². The van der Waals surface area contributed by atoms with Gasteiger partial charge in [0, 0.05) is 23.9 Å². The van der Waals surface area contributed by atoms with Crippen LogP contribution in [0.1, 0.15) is 5.56 Å². The van der Waals surface area contributed by atoms with E-state index in [-0.39, 0.29) is 0 Å². The number of hydrogen-bond donors (Lipinski definition) is 1. The van der Waals surface area contributed by atoms with Crippen LogP contribution in [0.2, 0.25) is 0 Å². The van der Waals surface area contributed by atoms with Gasteiger partial charge in [-0.1, -0.05) is 36.4 Å². The molecule has 0 bridgehead atoms. The summed E-state index contributed by atoms with van der Waals surface area (Å²) in [6.45, 7) is 0.470. The number of nitrogens with two attached hydrogens (primary N) is 1. The first-order valence-corrected chi connectivity index (χ1v) is 5.48. The van der Waals surface area contributed by atoms with Gasteiger partial charge in [-0.25, -0.2) is 9.50 Å². The van der Waals surface area contributed by atoms with Crippen molar-refractivity contribution >= 4 is 5.65 Å². The van der Waals surface area contributed by atoms with Crippen molar-refractivity contribution in [1.29, 1.82) is 0 Å². The first-order valence-electron chi connectivity index (χ1n) is 5.48. The Morgan fingerprint density at radius 1 is 1.06 bits per heavy atom. The Morgan fingerprint density at radius 3 is 2.65 bits per heavy atom. The fourth-order valence-corrected chi connectivity index (χ4v) is 1.83. The largest absolute Gasteiger partial charge is 0.326 e. The molecule has 1 aromatic carbocycles. The van der Waals surface area contributed by atoms with Crippen molar-refractivity contribution in [3.8, 4) is 11.4 Å². The maximum absolute atomic E-state index is 5.68. The van der Waals surface area contributed by atoms with E-state index < -0.39 is 0 Å². The first-order chi connectivity index (χ1) is 8.38. The number of aromatic nitrogens is 3. The summed E-state index contributed by atoms with van der Waals surface area (Å²) < 4.78 is 1.77. The zero-order valence-corrected chi connectivity index (χ0v) is 9.24. The fraction of sp³-hybridized carbons (Fsp3) is 0.0769. The molecule has 0 atom stereocenters. The third-order valence-electron chi connectivity index (χ3n) is 2.70. The van der Waals surface area contributed by atoms with Crippen LogP contribution < -0.4 is 5.73 Å². The molecule has 0 amide bonds. The molecule has 3 aromatic rings. The van der Waals surface area contributed by atoms with Crippen LogP contribution in [0.5, 0.6) is 0 Å². The second-order valence-corrected chi connectivity index (χ2v) is 3.81. The smallest absolute Gasteiger partial charge is 0.182 e. The molecular formula is C13H12N4. The Hall–Kier alpha value is -2.20. The molecule has 0 saturated carbocycles. The third-order valence-corrected chi connectivity index (χ3v) is 2.70. The van der Waals surface area contributed by atoms with E-state index in [0.717, 1.165) is 22.6 Å². The lowest BCUT2D eigenvalue weighted by Gasteiger charge is -1.96. The van der Waals surface area contributed by atoms with E-state index in [1.54, 1.807) is 4.52 Å². The van der Waals surface area contributed by atoms with E-state index >= 15 is 0 Å². The predicted octanol–water partition coefficient (Wildman–Crippen LogP) is 1.85. The van der Waals surface area contributed by atoms with Crippen molar-refractivity contribution in [1.82, 2.24) is 14.6 Å². The molecule has 0 spiro atoms. The van der Waals surface area contributed by atoms with Crippen LogP contribution in [-0.2, 0) is 6.54 Å². The summed E-state index contributed by atoms with van der Waals surface area (Å²) in [5.74, 6) is 0.728. The molecule has 0 saturated heterocycles. The summed E-state index contributed by atoms with van der Waals surface area (Å²) in [6, 6.07) is 13.8. The Morgan fingerprint density at radius 2 is 1.88 bits per heavy atom. The standard InChI is InChI=1S/C13H12N4/c14-9-11-7-4-8-17-13(11)15-12(16-17)10-5-2-1-3-6-10/h1-8H,9,14H2. The molecule has 0 aliphatic carbocycles. The maximum Gasteiger partial charge on any atom is 0.182 e. The number of fused-ring (bicyclic) bond motifs is 1. The van der Waals surface area contributed by atoms with E-state index in [9.17, 15) is 0 Å². The number of hydrogen-bond acceptors (Lipinski definition) is 3.